The van der Waals surface area contributed by atoms with Crippen molar-refractivity contribution in [3.8, 4) is 0 Å². The second kappa shape index (κ2) is 4.76. The summed E-state index contributed by atoms with van der Waals surface area (Å²) < 4.78 is 5.56. The van der Waals surface area contributed by atoms with Crippen LogP contribution in [-0.2, 0) is 9.53 Å². The van der Waals surface area contributed by atoms with E-state index in [0.29, 0.717) is 9.35 Å². The number of carbonyl (C=O) groups is 2. The number of nitrogens with two attached hydrogens (primary N) is 1. The maximum absolute atomic E-state index is 11.5. The standard InChI is InChI=1S/C9H10BrNO3S/c1-4-3-15-7(6(4)10)9(13)14-5(2)8(11)12/h3,5H,1-2H3,(H2,11,12)/t5-/m0/s1. The highest BCUT2D eigenvalue weighted by Gasteiger charge is 2.20. The topological polar surface area (TPSA) is 69.4 Å². The number of thiophene rings is 1. The van der Waals surface area contributed by atoms with E-state index in [0.717, 1.165) is 5.56 Å². The average molecular weight is 292 g/mol. The Morgan fingerprint density at radius 2 is 2.20 bits per heavy atom. The summed E-state index contributed by atoms with van der Waals surface area (Å²) in [5.74, 6) is -1.20. The zero-order valence-corrected chi connectivity index (χ0v) is 10.6. The van der Waals surface area contributed by atoms with Crippen molar-refractivity contribution in [2.75, 3.05) is 0 Å². The lowest BCUT2D eigenvalue weighted by atomic mass is 10.3. The van der Waals surface area contributed by atoms with Crippen LogP contribution in [0.3, 0.4) is 0 Å². The van der Waals surface area contributed by atoms with E-state index >= 15 is 0 Å². The largest absolute Gasteiger partial charge is 0.448 e. The van der Waals surface area contributed by atoms with Crippen molar-refractivity contribution in [1.29, 1.82) is 0 Å². The van der Waals surface area contributed by atoms with Crippen LogP contribution >= 0.6 is 27.3 Å². The third-order valence-corrected chi connectivity index (χ3v) is 4.13. The maximum Gasteiger partial charge on any atom is 0.350 e. The van der Waals surface area contributed by atoms with E-state index in [1.54, 1.807) is 0 Å². The van der Waals surface area contributed by atoms with Gasteiger partial charge in [-0.1, -0.05) is 0 Å². The molecule has 0 unspecified atom stereocenters. The number of halogens is 1. The Labute approximate surface area is 99.5 Å². The molecule has 0 spiro atoms. The first-order valence-corrected chi connectivity index (χ1v) is 5.84. The van der Waals surface area contributed by atoms with Gasteiger partial charge in [-0.05, 0) is 40.7 Å². The molecule has 0 aromatic carbocycles. The summed E-state index contributed by atoms with van der Waals surface area (Å²) in [6.07, 6.45) is -0.910. The Morgan fingerprint density at radius 1 is 1.60 bits per heavy atom. The van der Waals surface area contributed by atoms with Gasteiger partial charge in [-0.3, -0.25) is 4.79 Å². The Balaban J connectivity index is 2.78. The summed E-state index contributed by atoms with van der Waals surface area (Å²) in [6.45, 7) is 3.31. The van der Waals surface area contributed by atoms with E-state index in [1.165, 1.54) is 18.3 Å². The summed E-state index contributed by atoms with van der Waals surface area (Å²) in [5.41, 5.74) is 5.94. The van der Waals surface area contributed by atoms with Crippen LogP contribution < -0.4 is 5.73 Å². The van der Waals surface area contributed by atoms with Gasteiger partial charge in [0.1, 0.15) is 4.88 Å². The molecule has 0 fully saturated rings. The molecule has 2 N–H and O–H groups in total. The summed E-state index contributed by atoms with van der Waals surface area (Å²) in [5, 5.41) is 1.83. The van der Waals surface area contributed by atoms with Gasteiger partial charge in [0.2, 0.25) is 0 Å². The number of esters is 1. The Bertz CT molecular complexity index is 402. The lowest BCUT2D eigenvalue weighted by Gasteiger charge is -2.08. The normalized spacial score (nSPS) is 12.2. The summed E-state index contributed by atoms with van der Waals surface area (Å²) in [6, 6.07) is 0. The molecule has 0 radical (unpaired) electrons. The quantitative estimate of drug-likeness (QED) is 0.864. The van der Waals surface area contributed by atoms with Gasteiger partial charge in [-0.2, -0.15) is 0 Å². The summed E-state index contributed by atoms with van der Waals surface area (Å²) in [4.78, 5) is 22.7. The molecule has 82 valence electrons. The first-order chi connectivity index (χ1) is 6.93. The molecular weight excluding hydrogens is 282 g/mol. The molecule has 0 bridgehead atoms. The number of primary amides is 1. The molecule has 0 aliphatic carbocycles. The fourth-order valence-electron chi connectivity index (χ4n) is 0.840. The van der Waals surface area contributed by atoms with E-state index in [4.69, 9.17) is 10.5 Å². The van der Waals surface area contributed by atoms with Crippen molar-refractivity contribution >= 4 is 39.1 Å². The van der Waals surface area contributed by atoms with Gasteiger partial charge in [0, 0.05) is 4.47 Å². The smallest absolute Gasteiger partial charge is 0.350 e. The average Bonchev–Trinajstić information content (AvgIpc) is 2.47. The molecule has 0 aliphatic rings. The fraction of sp³-hybridized carbons (Fsp3) is 0.333. The first-order valence-electron chi connectivity index (χ1n) is 4.17. The van der Waals surface area contributed by atoms with Crippen molar-refractivity contribution < 1.29 is 14.3 Å². The second-order valence-electron chi connectivity index (χ2n) is 3.01. The molecule has 1 amide bonds. The predicted octanol–water partition coefficient (Wildman–Crippen LogP) is 1.85. The maximum atomic E-state index is 11.5. The molecule has 4 nitrogen and oxygen atoms in total. The molecular formula is C9H10BrNO3S. The highest BCUT2D eigenvalue weighted by Crippen LogP contribution is 2.28. The Morgan fingerprint density at radius 3 is 2.60 bits per heavy atom. The SMILES string of the molecule is Cc1csc(C(=O)O[C@@H](C)C(N)=O)c1Br. The molecule has 1 aromatic heterocycles. The molecule has 1 rings (SSSR count). The van der Waals surface area contributed by atoms with Crippen LogP contribution in [-0.4, -0.2) is 18.0 Å². The third kappa shape index (κ3) is 2.79. The van der Waals surface area contributed by atoms with Gasteiger partial charge in [0.25, 0.3) is 5.91 Å². The Kier molecular flexibility index (Phi) is 3.87. The van der Waals surface area contributed by atoms with Crippen molar-refractivity contribution in [3.63, 3.8) is 0 Å². The minimum atomic E-state index is -0.910. The minimum Gasteiger partial charge on any atom is -0.448 e. The number of amides is 1. The van der Waals surface area contributed by atoms with Crippen molar-refractivity contribution in [2.24, 2.45) is 5.73 Å². The number of hydrogen-bond donors (Lipinski definition) is 1. The van der Waals surface area contributed by atoms with Gasteiger partial charge in [-0.25, -0.2) is 4.79 Å². The van der Waals surface area contributed by atoms with E-state index in [-0.39, 0.29) is 0 Å². The number of ether oxygens (including phenoxy) is 1. The number of carbonyl (C=O) groups excluding carboxylic acids is 2. The fourth-order valence-corrected chi connectivity index (χ4v) is 2.37. The monoisotopic (exact) mass is 291 g/mol. The zero-order chi connectivity index (χ0) is 11.6. The number of aryl methyl sites for hydroxylation is 1. The van der Waals surface area contributed by atoms with Crippen LogP contribution in [0.15, 0.2) is 9.85 Å². The molecule has 0 saturated heterocycles. The summed E-state index contributed by atoms with van der Waals surface area (Å²) in [7, 11) is 0. The van der Waals surface area contributed by atoms with Crippen LogP contribution in [0.25, 0.3) is 0 Å². The molecule has 0 aliphatic heterocycles. The Hall–Kier alpha value is -0.880. The summed E-state index contributed by atoms with van der Waals surface area (Å²) >= 11 is 4.54. The van der Waals surface area contributed by atoms with Crippen LogP contribution in [0.2, 0.25) is 0 Å². The van der Waals surface area contributed by atoms with E-state index in [2.05, 4.69) is 15.9 Å². The molecule has 6 heteroatoms. The molecule has 1 heterocycles. The third-order valence-electron chi connectivity index (χ3n) is 1.77. The molecule has 0 saturated carbocycles. The van der Waals surface area contributed by atoms with Crippen molar-refractivity contribution in [2.45, 2.75) is 20.0 Å². The molecule has 1 aromatic rings. The zero-order valence-electron chi connectivity index (χ0n) is 8.24. The first kappa shape index (κ1) is 12.2. The predicted molar refractivity (Wildman–Crippen MR) is 60.8 cm³/mol. The number of hydrogen-bond acceptors (Lipinski definition) is 4. The van der Waals surface area contributed by atoms with E-state index in [1.807, 2.05) is 12.3 Å². The molecule has 15 heavy (non-hydrogen) atoms. The van der Waals surface area contributed by atoms with Crippen LogP contribution in [0.5, 0.6) is 0 Å². The van der Waals surface area contributed by atoms with Crippen LogP contribution in [0.4, 0.5) is 0 Å². The highest BCUT2D eigenvalue weighted by atomic mass is 79.9. The second-order valence-corrected chi connectivity index (χ2v) is 4.68. The highest BCUT2D eigenvalue weighted by molar-refractivity contribution is 9.10. The van der Waals surface area contributed by atoms with E-state index < -0.39 is 18.0 Å². The van der Waals surface area contributed by atoms with E-state index in [9.17, 15) is 9.59 Å². The van der Waals surface area contributed by atoms with Crippen LogP contribution in [0, 0.1) is 6.92 Å². The van der Waals surface area contributed by atoms with Gasteiger partial charge < -0.3 is 10.5 Å². The molecule has 1 atom stereocenters. The van der Waals surface area contributed by atoms with Gasteiger partial charge in [0.15, 0.2) is 6.10 Å². The lowest BCUT2D eigenvalue weighted by molar-refractivity contribution is -0.125. The lowest BCUT2D eigenvalue weighted by Crippen LogP contribution is -2.30. The van der Waals surface area contributed by atoms with Crippen molar-refractivity contribution in [1.82, 2.24) is 0 Å². The van der Waals surface area contributed by atoms with Gasteiger partial charge >= 0.3 is 5.97 Å². The van der Waals surface area contributed by atoms with Gasteiger partial charge in [0.05, 0.1) is 0 Å². The van der Waals surface area contributed by atoms with Crippen molar-refractivity contribution in [3.05, 3.63) is 20.3 Å². The van der Waals surface area contributed by atoms with Crippen LogP contribution in [0.1, 0.15) is 22.2 Å². The minimum absolute atomic E-state index is 0.445. The number of rotatable bonds is 3. The van der Waals surface area contributed by atoms with Gasteiger partial charge in [-0.15, -0.1) is 11.3 Å².